The van der Waals surface area contributed by atoms with Crippen LogP contribution in [0.1, 0.15) is 19.8 Å². The highest BCUT2D eigenvalue weighted by atomic mass is 16.7. The zero-order valence-electron chi connectivity index (χ0n) is 13.7. The fraction of sp³-hybridized carbons (Fsp3) is 0.412. The van der Waals surface area contributed by atoms with Gasteiger partial charge in [-0.2, -0.15) is 0 Å². The lowest BCUT2D eigenvalue weighted by Crippen LogP contribution is -2.35. The molecule has 1 fully saturated rings. The average molecular weight is 327 g/mol. The van der Waals surface area contributed by atoms with Crippen molar-refractivity contribution in [3.8, 4) is 11.5 Å². The Kier molecular flexibility index (Phi) is 3.76. The van der Waals surface area contributed by atoms with Crippen LogP contribution in [0, 0.1) is 5.92 Å². The molecule has 1 aromatic carbocycles. The largest absolute Gasteiger partial charge is 0.454 e. The Balaban J connectivity index is 1.58. The number of ether oxygens (including phenoxy) is 2. The maximum absolute atomic E-state index is 6.34. The predicted molar refractivity (Wildman–Crippen MR) is 92.9 cm³/mol. The van der Waals surface area contributed by atoms with Gasteiger partial charge in [0.15, 0.2) is 23.1 Å². The molecule has 0 spiro atoms. The number of nitrogen functional groups attached to an aromatic ring is 1. The van der Waals surface area contributed by atoms with E-state index in [9.17, 15) is 0 Å². The molecule has 3 N–H and O–H groups in total. The smallest absolute Gasteiger partial charge is 0.231 e. The number of fused-ring (bicyclic) bond motifs is 1. The average Bonchev–Trinajstić information content (AvgIpc) is 3.04. The zero-order valence-corrected chi connectivity index (χ0v) is 13.7. The van der Waals surface area contributed by atoms with Crippen molar-refractivity contribution in [1.82, 2.24) is 9.97 Å². The number of benzene rings is 1. The molecule has 1 aromatic heterocycles. The van der Waals surface area contributed by atoms with Gasteiger partial charge in [0.2, 0.25) is 6.79 Å². The van der Waals surface area contributed by atoms with Crippen molar-refractivity contribution in [2.45, 2.75) is 19.8 Å². The van der Waals surface area contributed by atoms with Gasteiger partial charge in [0.05, 0.1) is 0 Å². The summed E-state index contributed by atoms with van der Waals surface area (Å²) in [5.74, 6) is 3.53. The second-order valence-corrected chi connectivity index (χ2v) is 6.35. The van der Waals surface area contributed by atoms with Crippen molar-refractivity contribution in [1.29, 1.82) is 0 Å². The number of piperidine rings is 1. The molecule has 7 nitrogen and oxygen atoms in total. The number of nitrogens with one attached hydrogen (secondary N) is 1. The van der Waals surface area contributed by atoms with E-state index in [1.165, 1.54) is 6.42 Å². The van der Waals surface area contributed by atoms with E-state index >= 15 is 0 Å². The molecule has 126 valence electrons. The summed E-state index contributed by atoms with van der Waals surface area (Å²) in [7, 11) is 0. The summed E-state index contributed by atoms with van der Waals surface area (Å²) in [6, 6.07) is 5.67. The molecule has 0 bridgehead atoms. The summed E-state index contributed by atoms with van der Waals surface area (Å²) in [5.41, 5.74) is 7.76. The van der Waals surface area contributed by atoms with Gasteiger partial charge < -0.3 is 25.4 Å². The molecule has 2 aromatic rings. The summed E-state index contributed by atoms with van der Waals surface area (Å²) in [6.07, 6.45) is 3.97. The minimum absolute atomic E-state index is 0.256. The van der Waals surface area contributed by atoms with Gasteiger partial charge in [-0.05, 0) is 30.9 Å². The standard InChI is InChI=1S/C17H21N5O2/c1-11-3-2-6-22(8-11)17-15(18)16(19-9-20-17)21-12-4-5-13-14(7-12)24-10-23-13/h4-5,7,9,11H,2-3,6,8,10,18H2,1H3,(H,19,20,21). The highest BCUT2D eigenvalue weighted by Crippen LogP contribution is 2.36. The minimum Gasteiger partial charge on any atom is -0.454 e. The maximum Gasteiger partial charge on any atom is 0.231 e. The van der Waals surface area contributed by atoms with Crippen LogP contribution in [0.4, 0.5) is 23.0 Å². The van der Waals surface area contributed by atoms with Gasteiger partial charge in [0.1, 0.15) is 12.0 Å². The molecule has 24 heavy (non-hydrogen) atoms. The third-order valence-corrected chi connectivity index (χ3v) is 4.45. The van der Waals surface area contributed by atoms with Gasteiger partial charge >= 0.3 is 0 Å². The number of nitrogens with two attached hydrogens (primary N) is 1. The normalized spacial score (nSPS) is 19.4. The number of hydrogen-bond acceptors (Lipinski definition) is 7. The number of aromatic nitrogens is 2. The highest BCUT2D eigenvalue weighted by Gasteiger charge is 2.21. The van der Waals surface area contributed by atoms with Gasteiger partial charge in [-0.1, -0.05) is 6.92 Å². The van der Waals surface area contributed by atoms with Crippen molar-refractivity contribution in [3.63, 3.8) is 0 Å². The van der Waals surface area contributed by atoms with E-state index in [0.717, 1.165) is 42.5 Å². The number of hydrogen-bond donors (Lipinski definition) is 2. The van der Waals surface area contributed by atoms with E-state index in [1.54, 1.807) is 6.33 Å². The Morgan fingerprint density at radius 3 is 3.00 bits per heavy atom. The summed E-state index contributed by atoms with van der Waals surface area (Å²) in [6.45, 7) is 4.47. The fourth-order valence-corrected chi connectivity index (χ4v) is 3.23. The van der Waals surface area contributed by atoms with Crippen LogP contribution in [0.5, 0.6) is 11.5 Å². The molecule has 2 aliphatic rings. The van der Waals surface area contributed by atoms with Crippen molar-refractivity contribution in [2.24, 2.45) is 5.92 Å². The quantitative estimate of drug-likeness (QED) is 0.896. The van der Waals surface area contributed by atoms with Crippen LogP contribution in [0.3, 0.4) is 0 Å². The summed E-state index contributed by atoms with van der Waals surface area (Å²) < 4.78 is 10.7. The maximum atomic E-state index is 6.34. The molecule has 1 saturated heterocycles. The molecule has 1 atom stereocenters. The van der Waals surface area contributed by atoms with Crippen LogP contribution in [-0.2, 0) is 0 Å². The lowest BCUT2D eigenvalue weighted by molar-refractivity contribution is 0.174. The van der Waals surface area contributed by atoms with Crippen molar-refractivity contribution in [2.75, 3.05) is 35.8 Å². The Hall–Kier alpha value is -2.70. The van der Waals surface area contributed by atoms with Crippen LogP contribution in [-0.4, -0.2) is 29.9 Å². The summed E-state index contributed by atoms with van der Waals surface area (Å²) in [4.78, 5) is 10.9. The molecule has 4 rings (SSSR count). The van der Waals surface area contributed by atoms with Crippen molar-refractivity contribution >= 4 is 23.0 Å². The van der Waals surface area contributed by atoms with Crippen LogP contribution < -0.4 is 25.4 Å². The van der Waals surface area contributed by atoms with Crippen LogP contribution in [0.25, 0.3) is 0 Å². The molecule has 0 amide bonds. The van der Waals surface area contributed by atoms with E-state index < -0.39 is 0 Å². The van der Waals surface area contributed by atoms with E-state index in [2.05, 4.69) is 27.1 Å². The van der Waals surface area contributed by atoms with Gasteiger partial charge in [-0.3, -0.25) is 0 Å². The first-order chi connectivity index (χ1) is 11.7. The SMILES string of the molecule is CC1CCCN(c2ncnc(Nc3ccc4c(c3)OCO4)c2N)C1. The second kappa shape index (κ2) is 6.07. The number of anilines is 4. The molecule has 0 radical (unpaired) electrons. The predicted octanol–water partition coefficient (Wildman–Crippen LogP) is 2.77. The lowest BCUT2D eigenvalue weighted by Gasteiger charge is -2.32. The molecular formula is C17H21N5O2. The molecule has 1 unspecified atom stereocenters. The molecule has 7 heteroatoms. The first-order valence-corrected chi connectivity index (χ1v) is 8.23. The van der Waals surface area contributed by atoms with Gasteiger partial charge in [0, 0.05) is 24.8 Å². The molecule has 2 aliphatic heterocycles. The van der Waals surface area contributed by atoms with E-state index in [0.29, 0.717) is 17.4 Å². The minimum atomic E-state index is 0.256. The highest BCUT2D eigenvalue weighted by molar-refractivity contribution is 5.78. The van der Waals surface area contributed by atoms with Crippen LogP contribution in [0.2, 0.25) is 0 Å². The van der Waals surface area contributed by atoms with E-state index in [1.807, 2.05) is 18.2 Å². The third-order valence-electron chi connectivity index (χ3n) is 4.45. The number of rotatable bonds is 3. The van der Waals surface area contributed by atoms with Crippen LogP contribution in [0.15, 0.2) is 24.5 Å². The van der Waals surface area contributed by atoms with E-state index in [4.69, 9.17) is 15.2 Å². The zero-order chi connectivity index (χ0) is 16.5. The first kappa shape index (κ1) is 14.9. The van der Waals surface area contributed by atoms with Crippen molar-refractivity contribution in [3.05, 3.63) is 24.5 Å². The Morgan fingerprint density at radius 1 is 1.25 bits per heavy atom. The number of nitrogens with zero attached hydrogens (tertiary/aromatic N) is 3. The molecular weight excluding hydrogens is 306 g/mol. The van der Waals surface area contributed by atoms with Gasteiger partial charge in [-0.15, -0.1) is 0 Å². The second-order valence-electron chi connectivity index (χ2n) is 6.35. The van der Waals surface area contributed by atoms with Gasteiger partial charge in [-0.25, -0.2) is 9.97 Å². The van der Waals surface area contributed by atoms with Gasteiger partial charge in [0.25, 0.3) is 0 Å². The summed E-state index contributed by atoms with van der Waals surface area (Å²) in [5, 5.41) is 3.25. The van der Waals surface area contributed by atoms with Crippen LogP contribution >= 0.6 is 0 Å². The summed E-state index contributed by atoms with van der Waals surface area (Å²) >= 11 is 0. The van der Waals surface area contributed by atoms with Crippen molar-refractivity contribution < 1.29 is 9.47 Å². The first-order valence-electron chi connectivity index (χ1n) is 8.23. The van der Waals surface area contributed by atoms with E-state index in [-0.39, 0.29) is 6.79 Å². The Morgan fingerprint density at radius 2 is 2.12 bits per heavy atom. The third kappa shape index (κ3) is 2.77. The lowest BCUT2D eigenvalue weighted by atomic mass is 10.0. The Labute approximate surface area is 140 Å². The molecule has 0 aliphatic carbocycles. The topological polar surface area (TPSA) is 85.5 Å². The fourth-order valence-electron chi connectivity index (χ4n) is 3.23. The molecule has 0 saturated carbocycles. The monoisotopic (exact) mass is 327 g/mol. The molecule has 3 heterocycles. The Bertz CT molecular complexity index is 752.